The van der Waals surface area contributed by atoms with Gasteiger partial charge in [-0.15, -0.1) is 0 Å². The van der Waals surface area contributed by atoms with Crippen molar-refractivity contribution >= 4 is 11.4 Å². The summed E-state index contributed by atoms with van der Waals surface area (Å²) in [5.74, 6) is 0.458. The number of hydrogen-bond donors (Lipinski definition) is 2. The van der Waals surface area contributed by atoms with Crippen molar-refractivity contribution in [2.75, 3.05) is 18.9 Å². The Kier molecular flexibility index (Phi) is 5.22. The number of aliphatic hydroxyl groups is 1. The average Bonchev–Trinajstić information content (AvgIpc) is 2.30. The predicted octanol–water partition coefficient (Wildman–Crippen LogP) is 1.72. The molecule has 94 valence electrons. The molecule has 0 radical (unpaired) electrons. The van der Waals surface area contributed by atoms with E-state index in [9.17, 15) is 10.1 Å². The van der Waals surface area contributed by atoms with Crippen LogP contribution in [0.2, 0.25) is 0 Å². The number of nitro benzene ring substituents is 1. The minimum atomic E-state index is -0.499. The highest BCUT2D eigenvalue weighted by Crippen LogP contribution is 2.26. The summed E-state index contributed by atoms with van der Waals surface area (Å²) in [5, 5.41) is 19.1. The van der Waals surface area contributed by atoms with Gasteiger partial charge in [0.05, 0.1) is 17.2 Å². The molecule has 1 aromatic carbocycles. The van der Waals surface area contributed by atoms with Crippen LogP contribution in [0.1, 0.15) is 19.3 Å². The van der Waals surface area contributed by atoms with Crippen LogP contribution in [0.4, 0.5) is 11.4 Å². The van der Waals surface area contributed by atoms with Crippen LogP contribution in [0.3, 0.4) is 0 Å². The Hall–Kier alpha value is -1.82. The zero-order valence-electron chi connectivity index (χ0n) is 9.46. The van der Waals surface area contributed by atoms with Crippen molar-refractivity contribution in [3.05, 3.63) is 28.3 Å². The number of ether oxygens (including phenoxy) is 1. The summed E-state index contributed by atoms with van der Waals surface area (Å²) in [4.78, 5) is 9.98. The molecule has 0 atom stereocenters. The molecule has 3 N–H and O–H groups in total. The Labute approximate surface area is 99.2 Å². The van der Waals surface area contributed by atoms with Crippen LogP contribution in [0.15, 0.2) is 18.2 Å². The van der Waals surface area contributed by atoms with E-state index in [4.69, 9.17) is 15.6 Å². The van der Waals surface area contributed by atoms with Crippen LogP contribution < -0.4 is 10.5 Å². The van der Waals surface area contributed by atoms with Crippen LogP contribution >= 0.6 is 0 Å². The molecule has 1 rings (SSSR count). The number of hydrogen-bond acceptors (Lipinski definition) is 5. The van der Waals surface area contributed by atoms with Gasteiger partial charge >= 0.3 is 0 Å². The van der Waals surface area contributed by atoms with Crippen molar-refractivity contribution in [1.29, 1.82) is 0 Å². The highest BCUT2D eigenvalue weighted by molar-refractivity contribution is 5.58. The number of non-ortho nitro benzene ring substituents is 1. The molecule has 0 saturated heterocycles. The molecule has 6 nitrogen and oxygen atoms in total. The summed E-state index contributed by atoms with van der Waals surface area (Å²) in [7, 11) is 0. The highest BCUT2D eigenvalue weighted by Gasteiger charge is 2.09. The summed E-state index contributed by atoms with van der Waals surface area (Å²) in [5.41, 5.74) is 5.85. The van der Waals surface area contributed by atoms with E-state index in [1.807, 2.05) is 0 Å². The number of nitrogens with two attached hydrogens (primary N) is 1. The lowest BCUT2D eigenvalue weighted by atomic mass is 10.2. The molecule has 0 aliphatic heterocycles. The number of benzene rings is 1. The molecule has 0 heterocycles. The third-order valence-electron chi connectivity index (χ3n) is 2.26. The maximum Gasteiger partial charge on any atom is 0.271 e. The largest absolute Gasteiger partial charge is 0.491 e. The molecule has 0 spiro atoms. The van der Waals surface area contributed by atoms with Crippen LogP contribution in [0.5, 0.6) is 5.75 Å². The quantitative estimate of drug-likeness (QED) is 0.327. The van der Waals surface area contributed by atoms with Crippen molar-refractivity contribution in [1.82, 2.24) is 0 Å². The van der Waals surface area contributed by atoms with Crippen molar-refractivity contribution in [3.8, 4) is 5.75 Å². The highest BCUT2D eigenvalue weighted by atomic mass is 16.6. The SMILES string of the molecule is Nc1cc([N+](=O)[O-])ccc1OCCCCCO. The van der Waals surface area contributed by atoms with E-state index in [2.05, 4.69) is 0 Å². The van der Waals surface area contributed by atoms with E-state index in [1.54, 1.807) is 0 Å². The van der Waals surface area contributed by atoms with Gasteiger partial charge in [-0.2, -0.15) is 0 Å². The van der Waals surface area contributed by atoms with Crippen LogP contribution in [-0.4, -0.2) is 23.2 Å². The Morgan fingerprint density at radius 3 is 2.71 bits per heavy atom. The van der Waals surface area contributed by atoms with Crippen LogP contribution in [0.25, 0.3) is 0 Å². The molecule has 0 aromatic heterocycles. The molecule has 6 heteroatoms. The smallest absolute Gasteiger partial charge is 0.271 e. The van der Waals surface area contributed by atoms with Gasteiger partial charge in [-0.05, 0) is 25.3 Å². The number of nitrogen functional groups attached to an aromatic ring is 1. The van der Waals surface area contributed by atoms with Gasteiger partial charge < -0.3 is 15.6 Å². The first-order valence-electron chi connectivity index (χ1n) is 5.42. The summed E-state index contributed by atoms with van der Waals surface area (Å²) >= 11 is 0. The average molecular weight is 240 g/mol. The monoisotopic (exact) mass is 240 g/mol. The molecular weight excluding hydrogens is 224 g/mol. The first-order chi connectivity index (χ1) is 8.15. The number of nitro groups is 1. The Morgan fingerprint density at radius 1 is 1.35 bits per heavy atom. The first kappa shape index (κ1) is 13.2. The van der Waals surface area contributed by atoms with Gasteiger partial charge in [-0.1, -0.05) is 0 Å². The zero-order valence-corrected chi connectivity index (χ0v) is 9.46. The van der Waals surface area contributed by atoms with Crippen LogP contribution in [-0.2, 0) is 0 Å². The molecule has 0 saturated carbocycles. The fraction of sp³-hybridized carbons (Fsp3) is 0.455. The second-order valence-electron chi connectivity index (χ2n) is 3.61. The van der Waals surface area contributed by atoms with E-state index in [-0.39, 0.29) is 18.0 Å². The third-order valence-corrected chi connectivity index (χ3v) is 2.26. The van der Waals surface area contributed by atoms with Gasteiger partial charge in [0.25, 0.3) is 5.69 Å². The summed E-state index contributed by atoms with van der Waals surface area (Å²) < 4.78 is 5.39. The third kappa shape index (κ3) is 4.28. The first-order valence-corrected chi connectivity index (χ1v) is 5.42. The molecule has 0 amide bonds. The normalized spacial score (nSPS) is 10.2. The van der Waals surface area contributed by atoms with E-state index >= 15 is 0 Å². The molecule has 1 aromatic rings. The van der Waals surface area contributed by atoms with E-state index in [0.717, 1.165) is 19.3 Å². The van der Waals surface area contributed by atoms with Crippen molar-refractivity contribution in [2.45, 2.75) is 19.3 Å². The zero-order chi connectivity index (χ0) is 12.7. The maximum atomic E-state index is 10.5. The van der Waals surface area contributed by atoms with Crippen molar-refractivity contribution in [2.24, 2.45) is 0 Å². The molecular formula is C11H16N2O4. The molecule has 0 unspecified atom stereocenters. The number of aliphatic hydroxyl groups excluding tert-OH is 1. The standard InChI is InChI=1S/C11H16N2O4/c12-10-8-9(13(15)16)4-5-11(10)17-7-3-1-2-6-14/h4-5,8,14H,1-3,6-7,12H2. The van der Waals surface area contributed by atoms with E-state index in [0.29, 0.717) is 12.4 Å². The lowest BCUT2D eigenvalue weighted by Gasteiger charge is -2.08. The number of nitrogens with zero attached hydrogens (tertiary/aromatic N) is 1. The lowest BCUT2D eigenvalue weighted by molar-refractivity contribution is -0.384. The topological polar surface area (TPSA) is 98.6 Å². The van der Waals surface area contributed by atoms with Crippen molar-refractivity contribution in [3.63, 3.8) is 0 Å². The number of unbranched alkanes of at least 4 members (excludes halogenated alkanes) is 2. The Bertz CT molecular complexity index is 382. The minimum Gasteiger partial charge on any atom is -0.491 e. The Morgan fingerprint density at radius 2 is 2.12 bits per heavy atom. The Balaban J connectivity index is 2.46. The predicted molar refractivity (Wildman–Crippen MR) is 63.9 cm³/mol. The fourth-order valence-electron chi connectivity index (χ4n) is 1.35. The summed E-state index contributed by atoms with van der Waals surface area (Å²) in [6.07, 6.45) is 2.44. The van der Waals surface area contributed by atoms with Gasteiger partial charge in [0.2, 0.25) is 0 Å². The number of anilines is 1. The second kappa shape index (κ2) is 6.70. The molecule has 0 fully saturated rings. The van der Waals surface area contributed by atoms with E-state index < -0.39 is 4.92 Å². The van der Waals surface area contributed by atoms with Gasteiger partial charge in [0.15, 0.2) is 0 Å². The second-order valence-corrected chi connectivity index (χ2v) is 3.61. The van der Waals surface area contributed by atoms with E-state index in [1.165, 1.54) is 18.2 Å². The molecule has 17 heavy (non-hydrogen) atoms. The minimum absolute atomic E-state index is 0.0462. The molecule has 0 bridgehead atoms. The maximum absolute atomic E-state index is 10.5. The van der Waals surface area contributed by atoms with Crippen LogP contribution in [0, 0.1) is 10.1 Å². The van der Waals surface area contributed by atoms with Gasteiger partial charge in [0.1, 0.15) is 5.75 Å². The van der Waals surface area contributed by atoms with Gasteiger partial charge in [0, 0.05) is 18.7 Å². The van der Waals surface area contributed by atoms with Gasteiger partial charge in [-0.3, -0.25) is 10.1 Å². The molecule has 0 aliphatic rings. The summed E-state index contributed by atoms with van der Waals surface area (Å²) in [6, 6.07) is 4.14. The fourth-order valence-corrected chi connectivity index (χ4v) is 1.35. The number of rotatable bonds is 7. The summed E-state index contributed by atoms with van der Waals surface area (Å²) in [6.45, 7) is 0.668. The lowest BCUT2D eigenvalue weighted by Crippen LogP contribution is -2.01. The van der Waals surface area contributed by atoms with Crippen molar-refractivity contribution < 1.29 is 14.8 Å². The molecule has 0 aliphatic carbocycles. The van der Waals surface area contributed by atoms with Gasteiger partial charge in [-0.25, -0.2) is 0 Å².